The van der Waals surface area contributed by atoms with Gasteiger partial charge < -0.3 is 24.7 Å². The molecule has 0 aliphatic carbocycles. The van der Waals surface area contributed by atoms with Crippen LogP contribution in [0.3, 0.4) is 0 Å². The molecule has 0 amide bonds. The summed E-state index contributed by atoms with van der Waals surface area (Å²) < 4.78 is 7.65. The molecule has 0 aromatic carbocycles. The van der Waals surface area contributed by atoms with Crippen LogP contribution in [0.2, 0.25) is 0 Å². The summed E-state index contributed by atoms with van der Waals surface area (Å²) in [6.07, 6.45) is 8.24. The smallest absolute Gasteiger partial charge is 0.219 e. The number of hydrogen-bond donors (Lipinski definition) is 1. The van der Waals surface area contributed by atoms with Crippen LogP contribution in [0.4, 0.5) is 11.8 Å². The molecule has 11 nitrogen and oxygen atoms in total. The minimum Gasteiger partial charge on any atom is -0.378 e. The molecule has 0 atom stereocenters. The van der Waals surface area contributed by atoms with E-state index in [2.05, 4.69) is 24.3 Å². The Labute approximate surface area is 185 Å². The van der Waals surface area contributed by atoms with E-state index in [1.165, 1.54) is 0 Å². The normalized spacial score (nSPS) is 18.3. The maximum Gasteiger partial charge on any atom is 0.219 e. The van der Waals surface area contributed by atoms with Gasteiger partial charge in [0.15, 0.2) is 22.8 Å². The van der Waals surface area contributed by atoms with Gasteiger partial charge in [-0.15, -0.1) is 0 Å². The van der Waals surface area contributed by atoms with Gasteiger partial charge in [-0.3, -0.25) is 4.90 Å². The third-order valence-electron chi connectivity index (χ3n) is 6.18. The molecule has 5 rings (SSSR count). The van der Waals surface area contributed by atoms with Crippen LogP contribution < -0.4 is 10.6 Å². The Hall–Kier alpha value is -3.18. The number of anilines is 2. The number of nitrogens with two attached hydrogens (primary N) is 1. The van der Waals surface area contributed by atoms with Crippen LogP contribution >= 0.6 is 0 Å². The van der Waals surface area contributed by atoms with Gasteiger partial charge in [0, 0.05) is 32.0 Å². The fraction of sp³-hybridized carbons (Fsp3) is 0.524. The van der Waals surface area contributed by atoms with Gasteiger partial charge in [-0.2, -0.15) is 0 Å². The second-order valence-electron chi connectivity index (χ2n) is 8.28. The molecular weight excluding hydrogens is 410 g/mol. The topological polar surface area (TPSA) is 128 Å². The van der Waals surface area contributed by atoms with Crippen molar-refractivity contribution in [2.45, 2.75) is 19.4 Å². The fourth-order valence-corrected chi connectivity index (χ4v) is 4.38. The molecule has 2 fully saturated rings. The van der Waals surface area contributed by atoms with E-state index in [9.17, 15) is 4.79 Å². The number of rotatable bonds is 6. The zero-order valence-electron chi connectivity index (χ0n) is 17.9. The average Bonchev–Trinajstić information content (AvgIpc) is 3.23. The van der Waals surface area contributed by atoms with Gasteiger partial charge in [-0.05, 0) is 31.8 Å². The first-order chi connectivity index (χ1) is 15.7. The molecule has 11 heteroatoms. The van der Waals surface area contributed by atoms with Crippen LogP contribution in [0.15, 0.2) is 18.7 Å². The second kappa shape index (κ2) is 9.13. The number of piperidine rings is 1. The third kappa shape index (κ3) is 4.26. The van der Waals surface area contributed by atoms with Crippen LogP contribution in [0.25, 0.3) is 22.6 Å². The molecule has 3 aromatic heterocycles. The lowest BCUT2D eigenvalue weighted by Crippen LogP contribution is -2.37. The van der Waals surface area contributed by atoms with Gasteiger partial charge in [0.1, 0.15) is 6.29 Å². The highest BCUT2D eigenvalue weighted by Gasteiger charge is 2.24. The average molecular weight is 438 g/mol. The van der Waals surface area contributed by atoms with E-state index in [1.54, 1.807) is 12.4 Å². The summed E-state index contributed by atoms with van der Waals surface area (Å²) in [7, 11) is 0. The number of imidazole rings is 1. The number of morpholine rings is 1. The minimum absolute atomic E-state index is 0.217. The lowest BCUT2D eigenvalue weighted by Gasteiger charge is -2.30. The lowest BCUT2D eigenvalue weighted by molar-refractivity contribution is -0.109. The van der Waals surface area contributed by atoms with Gasteiger partial charge in [0.25, 0.3) is 0 Å². The number of ether oxygens (including phenoxy) is 1. The van der Waals surface area contributed by atoms with E-state index >= 15 is 0 Å². The SMILES string of the molecule is Nc1ncc(-c2nc(N3CCOCC3)c3ncn(CC4CCN(CC=O)CC4)c3n2)cn1. The summed E-state index contributed by atoms with van der Waals surface area (Å²) in [5.74, 6) is 2.10. The maximum atomic E-state index is 10.8. The number of hydrogen-bond acceptors (Lipinski definition) is 10. The molecule has 0 spiro atoms. The molecule has 0 unspecified atom stereocenters. The Morgan fingerprint density at radius 3 is 2.53 bits per heavy atom. The predicted molar refractivity (Wildman–Crippen MR) is 119 cm³/mol. The summed E-state index contributed by atoms with van der Waals surface area (Å²) in [5, 5.41) is 0. The Bertz CT molecular complexity index is 1070. The van der Waals surface area contributed by atoms with E-state index < -0.39 is 0 Å². The van der Waals surface area contributed by atoms with Crippen molar-refractivity contribution >= 4 is 29.2 Å². The molecule has 2 saturated heterocycles. The molecule has 0 radical (unpaired) electrons. The summed E-state index contributed by atoms with van der Waals surface area (Å²) in [6, 6.07) is 0. The molecule has 2 aliphatic heterocycles. The molecule has 0 bridgehead atoms. The van der Waals surface area contributed by atoms with E-state index in [0.29, 0.717) is 37.1 Å². The molecular formula is C21H27N9O2. The second-order valence-corrected chi connectivity index (χ2v) is 8.28. The van der Waals surface area contributed by atoms with E-state index in [-0.39, 0.29) is 5.95 Å². The van der Waals surface area contributed by atoms with Crippen molar-refractivity contribution < 1.29 is 9.53 Å². The quantitative estimate of drug-likeness (QED) is 0.548. The lowest BCUT2D eigenvalue weighted by atomic mass is 9.97. The Morgan fingerprint density at radius 1 is 1.06 bits per heavy atom. The zero-order valence-corrected chi connectivity index (χ0v) is 17.9. The predicted octanol–water partition coefficient (Wildman–Crippen LogP) is 0.613. The third-order valence-corrected chi connectivity index (χ3v) is 6.18. The highest BCUT2D eigenvalue weighted by molar-refractivity contribution is 5.85. The monoisotopic (exact) mass is 437 g/mol. The number of aldehydes is 1. The number of carbonyl (C=O) groups is 1. The summed E-state index contributed by atoms with van der Waals surface area (Å²) in [4.78, 5) is 37.8. The summed E-state index contributed by atoms with van der Waals surface area (Å²) in [5.41, 5.74) is 7.98. The van der Waals surface area contributed by atoms with Gasteiger partial charge in [0.2, 0.25) is 5.95 Å². The highest BCUT2D eigenvalue weighted by Crippen LogP contribution is 2.28. The fourth-order valence-electron chi connectivity index (χ4n) is 4.38. The van der Waals surface area contributed by atoms with Crippen molar-refractivity contribution in [2.24, 2.45) is 5.92 Å². The number of likely N-dealkylation sites (tertiary alicyclic amines) is 1. The van der Waals surface area contributed by atoms with Crippen molar-refractivity contribution in [3.63, 3.8) is 0 Å². The minimum atomic E-state index is 0.217. The number of nitrogens with zero attached hydrogens (tertiary/aromatic N) is 8. The maximum absolute atomic E-state index is 10.8. The van der Waals surface area contributed by atoms with E-state index in [4.69, 9.17) is 25.4 Å². The summed E-state index contributed by atoms with van der Waals surface area (Å²) in [6.45, 7) is 6.07. The van der Waals surface area contributed by atoms with Crippen LogP contribution in [-0.4, -0.2) is 86.6 Å². The Balaban J connectivity index is 1.48. The van der Waals surface area contributed by atoms with E-state index in [0.717, 1.165) is 68.8 Å². The Morgan fingerprint density at radius 2 is 1.81 bits per heavy atom. The highest BCUT2D eigenvalue weighted by atomic mass is 16.5. The molecule has 3 aromatic rings. The first-order valence-electron chi connectivity index (χ1n) is 11.0. The van der Waals surface area contributed by atoms with Crippen molar-refractivity contribution in [1.29, 1.82) is 0 Å². The standard InChI is InChI=1S/C21H27N9O2/c22-21-23-11-16(12-24-21)18-26-19(29-6-9-32-10-7-29)17-20(27-18)30(14-25-17)13-15-1-3-28(4-2-15)5-8-31/h8,11-12,14-15H,1-7,9-10,13H2,(H2,22,23,24). The van der Waals surface area contributed by atoms with Crippen molar-refractivity contribution in [1.82, 2.24) is 34.4 Å². The first-order valence-corrected chi connectivity index (χ1v) is 11.0. The van der Waals surface area contributed by atoms with Crippen LogP contribution in [0.1, 0.15) is 12.8 Å². The number of aromatic nitrogens is 6. The van der Waals surface area contributed by atoms with Gasteiger partial charge in [0.05, 0.1) is 31.6 Å². The van der Waals surface area contributed by atoms with Crippen molar-refractivity contribution in [2.75, 3.05) is 56.6 Å². The largest absolute Gasteiger partial charge is 0.378 e. The zero-order chi connectivity index (χ0) is 21.9. The molecule has 2 aliphatic rings. The van der Waals surface area contributed by atoms with Gasteiger partial charge >= 0.3 is 0 Å². The molecule has 168 valence electrons. The van der Waals surface area contributed by atoms with Crippen LogP contribution in [-0.2, 0) is 16.1 Å². The van der Waals surface area contributed by atoms with Crippen LogP contribution in [0.5, 0.6) is 0 Å². The summed E-state index contributed by atoms with van der Waals surface area (Å²) >= 11 is 0. The van der Waals surface area contributed by atoms with Crippen molar-refractivity contribution in [3.05, 3.63) is 18.7 Å². The van der Waals surface area contributed by atoms with Crippen molar-refractivity contribution in [3.8, 4) is 11.4 Å². The Kier molecular flexibility index (Phi) is 5.91. The molecule has 32 heavy (non-hydrogen) atoms. The van der Waals surface area contributed by atoms with Gasteiger partial charge in [-0.25, -0.2) is 24.9 Å². The van der Waals surface area contributed by atoms with Crippen LogP contribution in [0, 0.1) is 5.92 Å². The first kappa shape index (κ1) is 20.7. The number of carbonyl (C=O) groups excluding carboxylic acids is 1. The molecule has 5 heterocycles. The number of nitrogen functional groups attached to an aromatic ring is 1. The van der Waals surface area contributed by atoms with E-state index in [1.807, 2.05) is 6.33 Å². The number of fused-ring (bicyclic) bond motifs is 1. The molecule has 2 N–H and O–H groups in total. The molecule has 0 saturated carbocycles. The van der Waals surface area contributed by atoms with Gasteiger partial charge in [-0.1, -0.05) is 0 Å².